The van der Waals surface area contributed by atoms with Gasteiger partial charge in [0, 0.05) is 51.6 Å². The van der Waals surface area contributed by atoms with E-state index in [1.807, 2.05) is 25.2 Å². The van der Waals surface area contributed by atoms with Crippen LogP contribution in [0.2, 0.25) is 0 Å². The number of rotatable bonds is 2. The minimum absolute atomic E-state index is 0.0262. The van der Waals surface area contributed by atoms with E-state index in [1.54, 1.807) is 27.9 Å². The molecule has 118 valence electrons. The monoisotopic (exact) mass is 302 g/mol. The highest BCUT2D eigenvalue weighted by Crippen LogP contribution is 2.39. The molecule has 0 saturated carbocycles. The molecule has 0 aliphatic carbocycles. The summed E-state index contributed by atoms with van der Waals surface area (Å²) >= 11 is 0. The summed E-state index contributed by atoms with van der Waals surface area (Å²) in [6, 6.07) is 0. The maximum atomic E-state index is 12.5. The van der Waals surface area contributed by atoms with Gasteiger partial charge in [-0.05, 0) is 25.3 Å². The van der Waals surface area contributed by atoms with Gasteiger partial charge in [-0.3, -0.25) is 14.3 Å². The first kappa shape index (κ1) is 14.8. The van der Waals surface area contributed by atoms with Crippen LogP contribution in [0.1, 0.15) is 24.8 Å². The van der Waals surface area contributed by atoms with Gasteiger partial charge in [-0.25, -0.2) is 0 Å². The van der Waals surface area contributed by atoms with Crippen molar-refractivity contribution in [1.29, 1.82) is 0 Å². The third kappa shape index (κ3) is 2.65. The predicted molar refractivity (Wildman–Crippen MR) is 82.7 cm³/mol. The quantitative estimate of drug-likeness (QED) is 0.763. The number of nitrogens with zero attached hydrogens (tertiary/aromatic N) is 4. The molecule has 0 bridgehead atoms. The highest BCUT2D eigenvalue weighted by Gasteiger charge is 2.48. The standard InChI is InChI=1S/C16H22N4O2/c1-18-8-3-6-16(15(18)22)7-9-20(12-16)14(21)5-4-13-10-17-19(2)11-13/h4-5,10-11H,3,6-9,12H2,1-2H3. The molecular formula is C16H22N4O2. The van der Waals surface area contributed by atoms with Crippen molar-refractivity contribution in [2.45, 2.75) is 19.3 Å². The Bertz CT molecular complexity index is 621. The number of aryl methyl sites for hydroxylation is 1. The van der Waals surface area contributed by atoms with Crippen molar-refractivity contribution in [1.82, 2.24) is 19.6 Å². The maximum Gasteiger partial charge on any atom is 0.246 e. The number of hydrogen-bond donors (Lipinski definition) is 0. The number of aromatic nitrogens is 2. The lowest BCUT2D eigenvalue weighted by Crippen LogP contribution is -2.48. The lowest BCUT2D eigenvalue weighted by molar-refractivity contribution is -0.144. The molecule has 1 unspecified atom stereocenters. The maximum absolute atomic E-state index is 12.5. The Hall–Kier alpha value is -2.11. The van der Waals surface area contributed by atoms with Crippen LogP contribution in [0, 0.1) is 5.41 Å². The summed E-state index contributed by atoms with van der Waals surface area (Å²) in [5, 5.41) is 4.07. The molecule has 3 heterocycles. The fourth-order valence-corrected chi connectivity index (χ4v) is 3.51. The Labute approximate surface area is 130 Å². The Morgan fingerprint density at radius 2 is 2.14 bits per heavy atom. The average Bonchev–Trinajstić information content (AvgIpc) is 3.10. The van der Waals surface area contributed by atoms with Crippen LogP contribution in [-0.2, 0) is 16.6 Å². The normalized spacial score (nSPS) is 25.6. The lowest BCUT2D eigenvalue weighted by atomic mass is 9.78. The molecule has 1 aromatic heterocycles. The number of carbonyl (C=O) groups is 2. The molecule has 1 atom stereocenters. The van der Waals surface area contributed by atoms with Crippen LogP contribution in [0.3, 0.4) is 0 Å². The Balaban J connectivity index is 1.66. The molecule has 2 fully saturated rings. The van der Waals surface area contributed by atoms with Crippen molar-refractivity contribution >= 4 is 17.9 Å². The molecule has 2 aliphatic rings. The van der Waals surface area contributed by atoms with Crippen molar-refractivity contribution in [2.75, 3.05) is 26.7 Å². The van der Waals surface area contributed by atoms with Crippen LogP contribution >= 0.6 is 0 Å². The van der Waals surface area contributed by atoms with Crippen LogP contribution < -0.4 is 0 Å². The van der Waals surface area contributed by atoms with Gasteiger partial charge in [0.05, 0.1) is 11.6 Å². The van der Waals surface area contributed by atoms with Gasteiger partial charge >= 0.3 is 0 Å². The van der Waals surface area contributed by atoms with E-state index in [0.29, 0.717) is 13.1 Å². The summed E-state index contributed by atoms with van der Waals surface area (Å²) in [6.07, 6.45) is 9.62. The zero-order valence-corrected chi connectivity index (χ0v) is 13.2. The molecule has 22 heavy (non-hydrogen) atoms. The molecule has 2 aliphatic heterocycles. The zero-order valence-electron chi connectivity index (χ0n) is 13.2. The van der Waals surface area contributed by atoms with Crippen molar-refractivity contribution in [2.24, 2.45) is 12.5 Å². The number of likely N-dealkylation sites (tertiary alicyclic amines) is 2. The molecule has 0 N–H and O–H groups in total. The van der Waals surface area contributed by atoms with E-state index >= 15 is 0 Å². The third-order valence-electron chi connectivity index (χ3n) is 4.76. The highest BCUT2D eigenvalue weighted by atomic mass is 16.2. The molecule has 0 aromatic carbocycles. The van der Waals surface area contributed by atoms with Crippen LogP contribution in [-0.4, -0.2) is 58.1 Å². The fraction of sp³-hybridized carbons (Fsp3) is 0.562. The van der Waals surface area contributed by atoms with Crippen molar-refractivity contribution in [3.63, 3.8) is 0 Å². The SMILES string of the molecule is CN1CCCC2(CCN(C(=O)C=Cc3cnn(C)c3)C2)C1=O. The Morgan fingerprint density at radius 1 is 1.32 bits per heavy atom. The first-order valence-electron chi connectivity index (χ1n) is 7.71. The first-order chi connectivity index (χ1) is 10.5. The zero-order chi connectivity index (χ0) is 15.7. The second-order valence-corrected chi connectivity index (χ2v) is 6.40. The predicted octanol–water partition coefficient (Wildman–Crippen LogP) is 0.904. The fourth-order valence-electron chi connectivity index (χ4n) is 3.51. The van der Waals surface area contributed by atoms with Crippen LogP contribution in [0.5, 0.6) is 0 Å². The van der Waals surface area contributed by atoms with E-state index in [2.05, 4.69) is 5.10 Å². The smallest absolute Gasteiger partial charge is 0.246 e. The van der Waals surface area contributed by atoms with Gasteiger partial charge in [0.25, 0.3) is 0 Å². The van der Waals surface area contributed by atoms with Gasteiger partial charge in [0.2, 0.25) is 11.8 Å². The summed E-state index contributed by atoms with van der Waals surface area (Å²) < 4.78 is 1.70. The minimum Gasteiger partial charge on any atom is -0.345 e. The van der Waals surface area contributed by atoms with Gasteiger partial charge < -0.3 is 9.80 Å². The molecule has 1 aromatic rings. The summed E-state index contributed by atoms with van der Waals surface area (Å²) in [6.45, 7) is 2.04. The van der Waals surface area contributed by atoms with Crippen molar-refractivity contribution in [3.05, 3.63) is 24.0 Å². The summed E-state index contributed by atoms with van der Waals surface area (Å²) in [7, 11) is 3.70. The van der Waals surface area contributed by atoms with Crippen LogP contribution in [0.15, 0.2) is 18.5 Å². The number of amides is 2. The number of hydrogen-bond acceptors (Lipinski definition) is 3. The molecule has 0 radical (unpaired) electrons. The average molecular weight is 302 g/mol. The molecule has 2 saturated heterocycles. The van der Waals surface area contributed by atoms with Gasteiger partial charge in [-0.1, -0.05) is 0 Å². The molecule has 6 heteroatoms. The molecule has 1 spiro atoms. The van der Waals surface area contributed by atoms with Gasteiger partial charge in [-0.15, -0.1) is 0 Å². The van der Waals surface area contributed by atoms with Gasteiger partial charge in [0.1, 0.15) is 0 Å². The molecule has 6 nitrogen and oxygen atoms in total. The summed E-state index contributed by atoms with van der Waals surface area (Å²) in [4.78, 5) is 28.4. The Morgan fingerprint density at radius 3 is 2.86 bits per heavy atom. The van der Waals surface area contributed by atoms with E-state index in [1.165, 1.54) is 0 Å². The summed E-state index contributed by atoms with van der Waals surface area (Å²) in [5.41, 5.74) is 0.559. The number of piperidine rings is 1. The number of carbonyl (C=O) groups excluding carboxylic acids is 2. The molecule has 3 rings (SSSR count). The summed E-state index contributed by atoms with van der Waals surface area (Å²) in [5.74, 6) is 0.173. The van der Waals surface area contributed by atoms with E-state index in [0.717, 1.165) is 31.4 Å². The minimum atomic E-state index is -0.342. The largest absolute Gasteiger partial charge is 0.345 e. The third-order valence-corrected chi connectivity index (χ3v) is 4.76. The molecular weight excluding hydrogens is 280 g/mol. The lowest BCUT2D eigenvalue weighted by Gasteiger charge is -2.37. The van der Waals surface area contributed by atoms with Crippen molar-refractivity contribution < 1.29 is 9.59 Å². The Kier molecular flexibility index (Phi) is 3.76. The first-order valence-corrected chi connectivity index (χ1v) is 7.71. The van der Waals surface area contributed by atoms with E-state index in [4.69, 9.17) is 0 Å². The van der Waals surface area contributed by atoms with Crippen molar-refractivity contribution in [3.8, 4) is 0 Å². The highest BCUT2D eigenvalue weighted by molar-refractivity contribution is 5.93. The second-order valence-electron chi connectivity index (χ2n) is 6.40. The topological polar surface area (TPSA) is 58.4 Å². The van der Waals surface area contributed by atoms with Crippen LogP contribution in [0.4, 0.5) is 0 Å². The van der Waals surface area contributed by atoms with E-state index < -0.39 is 0 Å². The van der Waals surface area contributed by atoms with E-state index in [9.17, 15) is 9.59 Å². The van der Waals surface area contributed by atoms with E-state index in [-0.39, 0.29) is 17.2 Å². The van der Waals surface area contributed by atoms with Gasteiger partial charge in [-0.2, -0.15) is 5.10 Å². The molecule has 2 amide bonds. The van der Waals surface area contributed by atoms with Gasteiger partial charge in [0.15, 0.2) is 0 Å². The van der Waals surface area contributed by atoms with Crippen LogP contribution in [0.25, 0.3) is 6.08 Å². The second kappa shape index (κ2) is 5.59.